The fourth-order valence-electron chi connectivity index (χ4n) is 5.87. The van der Waals surface area contributed by atoms with Gasteiger partial charge in [0.15, 0.2) is 0 Å². The summed E-state index contributed by atoms with van der Waals surface area (Å²) in [6.07, 6.45) is 18.1. The molecule has 7 nitrogen and oxygen atoms in total. The molecule has 0 radical (unpaired) electrons. The van der Waals surface area contributed by atoms with Crippen LogP contribution >= 0.6 is 22.5 Å². The van der Waals surface area contributed by atoms with Gasteiger partial charge in [-0.3, -0.25) is 0 Å². The van der Waals surface area contributed by atoms with Crippen molar-refractivity contribution in [3.8, 4) is 23.0 Å². The van der Waals surface area contributed by atoms with E-state index in [0.29, 0.717) is 35.3 Å². The molecule has 0 amide bonds. The Labute approximate surface area is 312 Å². The monoisotopic (exact) mass is 757 g/mol. The molecule has 1 heterocycles. The molecule has 0 fully saturated rings. The highest BCUT2D eigenvalue weighted by Gasteiger charge is 2.44. The summed E-state index contributed by atoms with van der Waals surface area (Å²) in [7, 11) is -9.60. The molecule has 2 atom stereocenters. The molecule has 5 rings (SSSR count). The fraction of sp³-hybridized carbons (Fsp3) is 0.333. The summed E-state index contributed by atoms with van der Waals surface area (Å²) >= 11 is 0. The van der Waals surface area contributed by atoms with E-state index in [9.17, 15) is 0 Å². The van der Waals surface area contributed by atoms with Crippen molar-refractivity contribution in [2.45, 2.75) is 77.0 Å². The van der Waals surface area contributed by atoms with Crippen LogP contribution in [0.25, 0.3) is 0 Å². The van der Waals surface area contributed by atoms with E-state index < -0.39 is 22.5 Å². The SMILES string of the molecule is C=CCCCCCCCP1(Oc2ccccc2)=NP(CCCCCCCC=C)(Oc2ccccc2)=NP(Oc2ccccc2)(Oc2ccccc2)=N1. The van der Waals surface area contributed by atoms with Gasteiger partial charge in [0.2, 0.25) is 0 Å². The largest absolute Gasteiger partial charge is 0.455 e. The molecule has 0 aromatic heterocycles. The first-order valence-electron chi connectivity index (χ1n) is 18.7. The summed E-state index contributed by atoms with van der Waals surface area (Å²) in [5.41, 5.74) is 0. The van der Waals surface area contributed by atoms with Crippen LogP contribution in [-0.2, 0) is 0 Å². The zero-order valence-electron chi connectivity index (χ0n) is 30.3. The van der Waals surface area contributed by atoms with Crippen molar-refractivity contribution in [1.82, 2.24) is 0 Å². The summed E-state index contributed by atoms with van der Waals surface area (Å²) < 4.78 is 44.9. The first-order valence-corrected chi connectivity index (χ1v) is 23.8. The van der Waals surface area contributed by atoms with Gasteiger partial charge in [-0.25, -0.2) is 0 Å². The predicted octanol–water partition coefficient (Wildman–Crippen LogP) is 15.4. The second kappa shape index (κ2) is 21.1. The Hall–Kier alpha value is -3.75. The average Bonchev–Trinajstić information content (AvgIpc) is 3.15. The van der Waals surface area contributed by atoms with Crippen LogP contribution in [0.2, 0.25) is 0 Å². The lowest BCUT2D eigenvalue weighted by Gasteiger charge is -2.35. The number of para-hydroxylation sites is 4. The van der Waals surface area contributed by atoms with E-state index in [2.05, 4.69) is 13.2 Å². The molecule has 0 aliphatic carbocycles. The molecule has 52 heavy (non-hydrogen) atoms. The highest BCUT2D eigenvalue weighted by molar-refractivity contribution is 7.82. The lowest BCUT2D eigenvalue weighted by atomic mass is 10.1. The molecule has 0 saturated heterocycles. The van der Waals surface area contributed by atoms with E-state index in [1.807, 2.05) is 133 Å². The Morgan fingerprint density at radius 2 is 0.712 bits per heavy atom. The van der Waals surface area contributed by atoms with E-state index in [4.69, 9.17) is 31.6 Å². The zero-order valence-corrected chi connectivity index (χ0v) is 33.0. The molecule has 2 unspecified atom stereocenters. The van der Waals surface area contributed by atoms with Crippen molar-refractivity contribution in [3.05, 3.63) is 147 Å². The number of allylic oxidation sites excluding steroid dienone is 2. The summed E-state index contributed by atoms with van der Waals surface area (Å²) in [5.74, 6) is 2.69. The number of unbranched alkanes of at least 4 members (excludes halogenated alkanes) is 10. The summed E-state index contributed by atoms with van der Waals surface area (Å²) in [5, 5.41) is 0. The topological polar surface area (TPSA) is 74.0 Å². The number of nitrogens with zero attached hydrogens (tertiary/aromatic N) is 3. The van der Waals surface area contributed by atoms with Crippen molar-refractivity contribution in [2.75, 3.05) is 12.3 Å². The van der Waals surface area contributed by atoms with Gasteiger partial charge in [-0.2, -0.15) is 4.52 Å². The van der Waals surface area contributed by atoms with Crippen LogP contribution < -0.4 is 18.1 Å². The second-order valence-corrected chi connectivity index (χ2v) is 20.3. The van der Waals surface area contributed by atoms with Gasteiger partial charge in [0.25, 0.3) is 14.9 Å². The van der Waals surface area contributed by atoms with E-state index in [1.165, 1.54) is 0 Å². The van der Waals surface area contributed by atoms with Crippen molar-refractivity contribution in [2.24, 2.45) is 13.5 Å². The molecule has 0 spiro atoms. The normalized spacial score (nSPS) is 18.8. The van der Waals surface area contributed by atoms with Crippen molar-refractivity contribution >= 4 is 22.5 Å². The van der Waals surface area contributed by atoms with E-state index in [-0.39, 0.29) is 0 Å². The van der Waals surface area contributed by atoms with E-state index in [1.54, 1.807) is 0 Å². The molecule has 1 aliphatic rings. The number of hydrogen-bond acceptors (Lipinski definition) is 7. The number of hydrogen-bond donors (Lipinski definition) is 0. The third-order valence-electron chi connectivity index (χ3n) is 8.43. The van der Waals surface area contributed by atoms with Crippen molar-refractivity contribution in [1.29, 1.82) is 0 Å². The molecular weight excluding hydrogens is 703 g/mol. The molecule has 0 N–H and O–H groups in total. The lowest BCUT2D eigenvalue weighted by molar-refractivity contribution is 0.474. The molecule has 4 aromatic rings. The number of benzene rings is 4. The molecule has 0 saturated carbocycles. The van der Waals surface area contributed by atoms with Gasteiger partial charge < -0.3 is 18.1 Å². The standard InChI is InChI=1S/C42H54N3O4P3/c1-3-5-7-9-11-13-27-37-50(46-39-29-19-15-20-30-39)43-51(47-40-31-21-16-22-32-40,38-28-14-12-10-8-6-4-2)45-52(44-50,48-41-33-23-17-24-34-41)49-42-35-25-18-26-36-42/h3-4,15-26,29-36H,1-2,5-14,27-28,37-38H2. The van der Waals surface area contributed by atoms with Crippen molar-refractivity contribution < 1.29 is 18.1 Å². The van der Waals surface area contributed by atoms with Gasteiger partial charge in [-0.1, -0.05) is 123 Å². The van der Waals surface area contributed by atoms with Crippen LogP contribution in [0.3, 0.4) is 0 Å². The maximum atomic E-state index is 7.09. The Morgan fingerprint density at radius 3 is 1.10 bits per heavy atom. The van der Waals surface area contributed by atoms with Gasteiger partial charge in [0.1, 0.15) is 23.0 Å². The zero-order chi connectivity index (χ0) is 36.2. The first kappa shape index (κ1) is 39.5. The predicted molar refractivity (Wildman–Crippen MR) is 222 cm³/mol. The Balaban J connectivity index is 1.67. The maximum absolute atomic E-state index is 7.09. The van der Waals surface area contributed by atoms with Gasteiger partial charge in [-0.05, 0) is 87.1 Å². The van der Waals surface area contributed by atoms with Crippen LogP contribution in [0.1, 0.15) is 77.0 Å². The maximum Gasteiger partial charge on any atom is 0.455 e. The van der Waals surface area contributed by atoms with Gasteiger partial charge in [0.05, 0.1) is 0 Å². The molecule has 1 aliphatic heterocycles. The summed E-state index contributed by atoms with van der Waals surface area (Å²) in [6.45, 7) is 7.77. The molecule has 10 heteroatoms. The highest BCUT2D eigenvalue weighted by Crippen LogP contribution is 2.78. The van der Waals surface area contributed by atoms with Gasteiger partial charge in [0, 0.05) is 12.3 Å². The Kier molecular flexibility index (Phi) is 16.0. The summed E-state index contributed by atoms with van der Waals surface area (Å²) in [4.78, 5) is 0. The molecular formula is C42H54N3O4P3. The van der Waals surface area contributed by atoms with E-state index >= 15 is 0 Å². The Bertz CT molecular complexity index is 1710. The quantitative estimate of drug-likeness (QED) is 0.0405. The summed E-state index contributed by atoms with van der Waals surface area (Å²) in [6, 6.07) is 39.3. The Morgan fingerprint density at radius 1 is 0.385 bits per heavy atom. The minimum absolute atomic E-state index is 0.626. The average molecular weight is 758 g/mol. The fourth-order valence-corrected chi connectivity index (χ4v) is 17.6. The second-order valence-electron chi connectivity index (χ2n) is 12.8. The van der Waals surface area contributed by atoms with Gasteiger partial charge >= 0.3 is 7.66 Å². The van der Waals surface area contributed by atoms with Crippen LogP contribution in [0.5, 0.6) is 23.0 Å². The van der Waals surface area contributed by atoms with E-state index in [0.717, 1.165) is 77.0 Å². The van der Waals surface area contributed by atoms with Crippen LogP contribution in [0, 0.1) is 0 Å². The van der Waals surface area contributed by atoms with Crippen LogP contribution in [0.15, 0.2) is 160 Å². The third-order valence-corrected chi connectivity index (χ3v) is 18.4. The molecule has 0 bridgehead atoms. The van der Waals surface area contributed by atoms with Crippen LogP contribution in [-0.4, -0.2) is 12.3 Å². The van der Waals surface area contributed by atoms with Gasteiger partial charge in [-0.15, -0.1) is 22.2 Å². The minimum Gasteiger partial charge on any atom is -0.441 e. The van der Waals surface area contributed by atoms with Crippen molar-refractivity contribution in [3.63, 3.8) is 0 Å². The lowest BCUT2D eigenvalue weighted by Crippen LogP contribution is -2.09. The third kappa shape index (κ3) is 12.7. The highest BCUT2D eigenvalue weighted by atomic mass is 31.3. The smallest absolute Gasteiger partial charge is 0.441 e. The van der Waals surface area contributed by atoms with Crippen LogP contribution in [0.4, 0.5) is 0 Å². The molecule has 276 valence electrons. The number of rotatable bonds is 24. The minimum atomic E-state index is -3.51. The first-order chi connectivity index (χ1) is 25.6. The molecule has 4 aromatic carbocycles.